The molecule has 0 unspecified atom stereocenters. The third-order valence-corrected chi connectivity index (χ3v) is 4.59. The van der Waals surface area contributed by atoms with E-state index in [9.17, 15) is 13.2 Å². The molecule has 0 amide bonds. The highest BCUT2D eigenvalue weighted by molar-refractivity contribution is 5.79. The highest BCUT2D eigenvalue weighted by Crippen LogP contribution is 2.24. The summed E-state index contributed by atoms with van der Waals surface area (Å²) < 4.78 is 49.0. The molecule has 1 fully saturated rings. The fourth-order valence-electron chi connectivity index (χ4n) is 2.98. The summed E-state index contributed by atoms with van der Waals surface area (Å²) in [5.41, 5.74) is -0.144. The Hall–Kier alpha value is -2.00. The van der Waals surface area contributed by atoms with E-state index in [2.05, 4.69) is 39.1 Å². The van der Waals surface area contributed by atoms with Gasteiger partial charge < -0.3 is 20.1 Å². The lowest BCUT2D eigenvalue weighted by molar-refractivity contribution is -0.0506. The molecule has 28 heavy (non-hydrogen) atoms. The zero-order chi connectivity index (χ0) is 20.6. The summed E-state index contributed by atoms with van der Waals surface area (Å²) in [6.07, 6.45) is 0. The van der Waals surface area contributed by atoms with Crippen molar-refractivity contribution >= 4 is 5.96 Å². The van der Waals surface area contributed by atoms with Crippen LogP contribution < -0.4 is 15.4 Å². The SMILES string of the molecule is CCNC(=NCc1c(F)cccc1OC(F)F)NCC(C)(C)N1CCOCC1. The molecule has 1 aromatic carbocycles. The molecule has 1 aromatic rings. The van der Waals surface area contributed by atoms with E-state index in [1.807, 2.05) is 6.92 Å². The van der Waals surface area contributed by atoms with Gasteiger partial charge in [0, 0.05) is 31.7 Å². The van der Waals surface area contributed by atoms with Crippen molar-refractivity contribution in [3.8, 4) is 5.75 Å². The maximum absolute atomic E-state index is 14.1. The molecule has 2 rings (SSSR count). The van der Waals surface area contributed by atoms with Crippen molar-refractivity contribution in [2.45, 2.75) is 39.5 Å². The molecule has 158 valence electrons. The lowest BCUT2D eigenvalue weighted by Gasteiger charge is -2.41. The quantitative estimate of drug-likeness (QED) is 0.517. The van der Waals surface area contributed by atoms with Crippen LogP contribution in [0.15, 0.2) is 23.2 Å². The summed E-state index contributed by atoms with van der Waals surface area (Å²) >= 11 is 0. The second kappa shape index (κ2) is 10.5. The van der Waals surface area contributed by atoms with Crippen LogP contribution in [0.5, 0.6) is 5.75 Å². The monoisotopic (exact) mass is 402 g/mol. The standard InChI is InChI=1S/C19H29F3N4O2/c1-4-23-18(25-13-19(2,3)26-8-10-27-11-9-26)24-12-14-15(20)6-5-7-16(14)28-17(21)22/h5-7,17H,4,8-13H2,1-3H3,(H2,23,24,25). The van der Waals surface area contributed by atoms with Gasteiger partial charge >= 0.3 is 6.61 Å². The molecule has 0 atom stereocenters. The molecule has 6 nitrogen and oxygen atoms in total. The normalized spacial score (nSPS) is 16.3. The number of morpholine rings is 1. The zero-order valence-electron chi connectivity index (χ0n) is 16.6. The number of hydrogen-bond acceptors (Lipinski definition) is 4. The Balaban J connectivity index is 2.06. The van der Waals surface area contributed by atoms with Crippen LogP contribution in [0.1, 0.15) is 26.3 Å². The molecule has 0 saturated carbocycles. The molecule has 0 aliphatic carbocycles. The van der Waals surface area contributed by atoms with E-state index < -0.39 is 12.4 Å². The van der Waals surface area contributed by atoms with E-state index in [1.165, 1.54) is 18.2 Å². The van der Waals surface area contributed by atoms with Crippen LogP contribution in [-0.4, -0.2) is 62.4 Å². The van der Waals surface area contributed by atoms with Gasteiger partial charge in [-0.25, -0.2) is 9.38 Å². The summed E-state index contributed by atoms with van der Waals surface area (Å²) in [7, 11) is 0. The van der Waals surface area contributed by atoms with Gasteiger partial charge in [0.2, 0.25) is 0 Å². The van der Waals surface area contributed by atoms with Crippen molar-refractivity contribution in [1.82, 2.24) is 15.5 Å². The molecular weight excluding hydrogens is 373 g/mol. The number of hydrogen-bond donors (Lipinski definition) is 2. The Morgan fingerprint density at radius 2 is 2.00 bits per heavy atom. The lowest BCUT2D eigenvalue weighted by Crippen LogP contribution is -2.56. The van der Waals surface area contributed by atoms with E-state index in [-0.39, 0.29) is 23.4 Å². The number of ether oxygens (including phenoxy) is 2. The average Bonchev–Trinajstić information content (AvgIpc) is 2.66. The molecule has 0 spiro atoms. The summed E-state index contributed by atoms with van der Waals surface area (Å²) in [6.45, 7) is 7.36. The van der Waals surface area contributed by atoms with Gasteiger partial charge in [0.1, 0.15) is 11.6 Å². The molecule has 0 bridgehead atoms. The minimum atomic E-state index is -3.02. The number of alkyl halides is 2. The van der Waals surface area contributed by atoms with Crippen LogP contribution in [-0.2, 0) is 11.3 Å². The first kappa shape index (κ1) is 22.3. The van der Waals surface area contributed by atoms with E-state index in [0.29, 0.717) is 32.3 Å². The second-order valence-corrected chi connectivity index (χ2v) is 7.06. The van der Waals surface area contributed by atoms with Crippen LogP contribution in [0.4, 0.5) is 13.2 Å². The average molecular weight is 402 g/mol. The van der Waals surface area contributed by atoms with Crippen molar-refractivity contribution < 1.29 is 22.6 Å². The molecule has 2 N–H and O–H groups in total. The third kappa shape index (κ3) is 6.56. The Morgan fingerprint density at radius 1 is 1.29 bits per heavy atom. The largest absolute Gasteiger partial charge is 0.434 e. The predicted molar refractivity (Wildman–Crippen MR) is 102 cm³/mol. The second-order valence-electron chi connectivity index (χ2n) is 7.06. The molecule has 1 aliphatic rings. The van der Waals surface area contributed by atoms with Gasteiger partial charge in [-0.15, -0.1) is 0 Å². The highest BCUT2D eigenvalue weighted by atomic mass is 19.3. The van der Waals surface area contributed by atoms with Gasteiger partial charge in [0.15, 0.2) is 5.96 Å². The highest BCUT2D eigenvalue weighted by Gasteiger charge is 2.28. The summed E-state index contributed by atoms with van der Waals surface area (Å²) in [6, 6.07) is 3.83. The number of aliphatic imine (C=N–C) groups is 1. The fourth-order valence-corrected chi connectivity index (χ4v) is 2.98. The summed E-state index contributed by atoms with van der Waals surface area (Å²) in [4.78, 5) is 6.68. The minimum Gasteiger partial charge on any atom is -0.434 e. The van der Waals surface area contributed by atoms with Crippen molar-refractivity contribution in [2.24, 2.45) is 4.99 Å². The van der Waals surface area contributed by atoms with Crippen LogP contribution in [0, 0.1) is 5.82 Å². The number of benzene rings is 1. The van der Waals surface area contributed by atoms with Crippen LogP contribution in [0.3, 0.4) is 0 Å². The Labute approximate surface area is 164 Å². The van der Waals surface area contributed by atoms with Gasteiger partial charge in [0.25, 0.3) is 0 Å². The van der Waals surface area contributed by atoms with E-state index in [4.69, 9.17) is 4.74 Å². The third-order valence-electron chi connectivity index (χ3n) is 4.59. The van der Waals surface area contributed by atoms with Gasteiger partial charge in [-0.05, 0) is 32.9 Å². The van der Waals surface area contributed by atoms with Crippen molar-refractivity contribution in [3.05, 3.63) is 29.6 Å². The summed E-state index contributed by atoms with van der Waals surface area (Å²) in [5, 5.41) is 6.35. The minimum absolute atomic E-state index is 0.00700. The van der Waals surface area contributed by atoms with Crippen molar-refractivity contribution in [2.75, 3.05) is 39.4 Å². The Kier molecular flexibility index (Phi) is 8.37. The molecular formula is C19H29F3N4O2. The van der Waals surface area contributed by atoms with Crippen LogP contribution in [0.2, 0.25) is 0 Å². The van der Waals surface area contributed by atoms with Crippen molar-refractivity contribution in [1.29, 1.82) is 0 Å². The number of guanidine groups is 1. The van der Waals surface area contributed by atoms with E-state index >= 15 is 0 Å². The molecule has 1 saturated heterocycles. The van der Waals surface area contributed by atoms with Gasteiger partial charge in [-0.3, -0.25) is 4.90 Å². The Bertz CT molecular complexity index is 650. The first-order chi connectivity index (χ1) is 13.3. The van der Waals surface area contributed by atoms with Crippen LogP contribution in [0.25, 0.3) is 0 Å². The first-order valence-electron chi connectivity index (χ1n) is 9.40. The first-order valence-corrected chi connectivity index (χ1v) is 9.40. The van der Waals surface area contributed by atoms with Crippen LogP contribution >= 0.6 is 0 Å². The maximum atomic E-state index is 14.1. The predicted octanol–water partition coefficient (Wildman–Crippen LogP) is 2.59. The molecule has 1 heterocycles. The number of halogens is 3. The number of nitrogens with one attached hydrogen (secondary N) is 2. The zero-order valence-corrected chi connectivity index (χ0v) is 16.6. The molecule has 0 aromatic heterocycles. The topological polar surface area (TPSA) is 58.1 Å². The Morgan fingerprint density at radius 3 is 2.64 bits per heavy atom. The van der Waals surface area contributed by atoms with Gasteiger partial charge in [-0.2, -0.15) is 8.78 Å². The van der Waals surface area contributed by atoms with Gasteiger partial charge in [-0.1, -0.05) is 6.07 Å². The van der Waals surface area contributed by atoms with E-state index in [0.717, 1.165) is 13.1 Å². The molecule has 9 heteroatoms. The molecule has 0 radical (unpaired) electrons. The number of nitrogens with zero attached hydrogens (tertiary/aromatic N) is 2. The number of rotatable bonds is 8. The lowest BCUT2D eigenvalue weighted by atomic mass is 10.0. The summed E-state index contributed by atoms with van der Waals surface area (Å²) in [5.74, 6) is -0.357. The smallest absolute Gasteiger partial charge is 0.387 e. The maximum Gasteiger partial charge on any atom is 0.387 e. The van der Waals surface area contributed by atoms with Crippen molar-refractivity contribution in [3.63, 3.8) is 0 Å². The van der Waals surface area contributed by atoms with Gasteiger partial charge in [0.05, 0.1) is 25.3 Å². The fraction of sp³-hybridized carbons (Fsp3) is 0.632. The van der Waals surface area contributed by atoms with E-state index in [1.54, 1.807) is 0 Å². The molecule has 1 aliphatic heterocycles.